The highest BCUT2D eigenvalue weighted by Gasteiger charge is 2.20. The maximum absolute atomic E-state index is 11.3. The van der Waals surface area contributed by atoms with Crippen molar-refractivity contribution in [1.29, 1.82) is 0 Å². The Balaban J connectivity index is 1.95. The monoisotopic (exact) mass is 329 g/mol. The summed E-state index contributed by atoms with van der Waals surface area (Å²) in [6.45, 7) is 0.194. The molecule has 4 rings (SSSR count). The molecule has 0 radical (unpaired) electrons. The molecule has 1 aliphatic rings. The molecule has 2 N–H and O–H groups in total. The second-order valence-corrected chi connectivity index (χ2v) is 5.69. The number of aromatic amines is 1. The van der Waals surface area contributed by atoms with E-state index < -0.39 is 5.97 Å². The average molecular weight is 330 g/mol. The van der Waals surface area contributed by atoms with Crippen LogP contribution >= 0.6 is 11.6 Å². The van der Waals surface area contributed by atoms with E-state index in [1.165, 1.54) is 0 Å². The summed E-state index contributed by atoms with van der Waals surface area (Å²) in [7, 11) is 0. The van der Waals surface area contributed by atoms with Gasteiger partial charge in [0.25, 0.3) is 0 Å². The number of aliphatic carboxylic acids is 1. The van der Waals surface area contributed by atoms with Gasteiger partial charge in [-0.05, 0) is 29.8 Å². The summed E-state index contributed by atoms with van der Waals surface area (Å²) >= 11 is 6.24. The lowest BCUT2D eigenvalue weighted by Crippen LogP contribution is -2.00. The van der Waals surface area contributed by atoms with Gasteiger partial charge in [-0.3, -0.25) is 4.79 Å². The summed E-state index contributed by atoms with van der Waals surface area (Å²) in [5.74, 6) is 0.434. The molecule has 0 aliphatic carbocycles. The molecule has 0 atom stereocenters. The van der Waals surface area contributed by atoms with Crippen LogP contribution < -0.4 is 9.47 Å². The molecular formula is C17H12ClNO4. The Morgan fingerprint density at radius 1 is 1.22 bits per heavy atom. The van der Waals surface area contributed by atoms with Crippen molar-refractivity contribution in [3.05, 3.63) is 47.0 Å². The van der Waals surface area contributed by atoms with Gasteiger partial charge >= 0.3 is 5.97 Å². The standard InChI is InChI=1S/C17H12ClNO4/c18-12-3-1-2-10-11(7-15(20)21)16(19-17(10)12)9-4-5-13-14(6-9)23-8-22-13/h1-6,19H,7-8H2,(H,20,21). The summed E-state index contributed by atoms with van der Waals surface area (Å²) in [6, 6.07) is 11.0. The zero-order valence-corrected chi connectivity index (χ0v) is 12.7. The Labute approximate surface area is 136 Å². The van der Waals surface area contributed by atoms with Crippen LogP contribution in [-0.2, 0) is 11.2 Å². The van der Waals surface area contributed by atoms with Crippen LogP contribution in [0, 0.1) is 0 Å². The lowest BCUT2D eigenvalue weighted by molar-refractivity contribution is -0.136. The van der Waals surface area contributed by atoms with Crippen LogP contribution in [0.25, 0.3) is 22.2 Å². The molecule has 3 aromatic rings. The first kappa shape index (κ1) is 14.0. The van der Waals surface area contributed by atoms with Gasteiger partial charge < -0.3 is 19.6 Å². The normalized spacial score (nSPS) is 12.7. The summed E-state index contributed by atoms with van der Waals surface area (Å²) in [4.78, 5) is 14.5. The number of halogens is 1. The van der Waals surface area contributed by atoms with Crippen LogP contribution in [0.3, 0.4) is 0 Å². The predicted octanol–water partition coefficient (Wildman–Crippen LogP) is 3.84. The predicted molar refractivity (Wildman–Crippen MR) is 86.2 cm³/mol. The molecule has 0 spiro atoms. The molecule has 0 amide bonds. The molecular weight excluding hydrogens is 318 g/mol. The number of aromatic nitrogens is 1. The van der Waals surface area contributed by atoms with E-state index in [4.69, 9.17) is 21.1 Å². The molecule has 0 bridgehead atoms. The minimum Gasteiger partial charge on any atom is -0.481 e. The quantitative estimate of drug-likeness (QED) is 0.765. The highest BCUT2D eigenvalue weighted by Crippen LogP contribution is 2.39. The number of nitrogens with one attached hydrogen (secondary N) is 1. The summed E-state index contributed by atoms with van der Waals surface area (Å²) < 4.78 is 10.7. The lowest BCUT2D eigenvalue weighted by atomic mass is 10.0. The van der Waals surface area contributed by atoms with Gasteiger partial charge in [-0.15, -0.1) is 0 Å². The first-order valence-corrected chi connectivity index (χ1v) is 7.42. The van der Waals surface area contributed by atoms with E-state index in [1.54, 1.807) is 6.07 Å². The van der Waals surface area contributed by atoms with Gasteiger partial charge in [0.2, 0.25) is 6.79 Å². The number of carboxylic acids is 1. The number of carboxylic acid groups (broad SMARTS) is 1. The van der Waals surface area contributed by atoms with Crippen molar-refractivity contribution in [2.75, 3.05) is 6.79 Å². The molecule has 0 fully saturated rings. The van der Waals surface area contributed by atoms with E-state index in [0.717, 1.165) is 22.2 Å². The van der Waals surface area contributed by atoms with Crippen molar-refractivity contribution in [3.63, 3.8) is 0 Å². The molecule has 2 heterocycles. The zero-order valence-electron chi connectivity index (χ0n) is 11.9. The molecule has 0 saturated heterocycles. The number of ether oxygens (including phenoxy) is 2. The molecule has 0 unspecified atom stereocenters. The number of hydrogen-bond acceptors (Lipinski definition) is 3. The van der Waals surface area contributed by atoms with Gasteiger partial charge in [0, 0.05) is 10.9 Å². The average Bonchev–Trinajstić information content (AvgIpc) is 3.12. The van der Waals surface area contributed by atoms with E-state index in [2.05, 4.69) is 4.98 Å². The number of fused-ring (bicyclic) bond motifs is 2. The summed E-state index contributed by atoms with van der Waals surface area (Å²) in [6.07, 6.45) is -0.0931. The van der Waals surface area contributed by atoms with E-state index in [1.807, 2.05) is 30.3 Å². The number of hydrogen-bond donors (Lipinski definition) is 2. The fraction of sp³-hybridized carbons (Fsp3) is 0.118. The number of benzene rings is 2. The van der Waals surface area contributed by atoms with Crippen molar-refractivity contribution in [3.8, 4) is 22.8 Å². The van der Waals surface area contributed by atoms with E-state index in [9.17, 15) is 9.90 Å². The third-order valence-electron chi connectivity index (χ3n) is 3.88. The Bertz CT molecular complexity index is 932. The minimum atomic E-state index is -0.895. The smallest absolute Gasteiger partial charge is 0.307 e. The Kier molecular flexibility index (Phi) is 3.16. The summed E-state index contributed by atoms with van der Waals surface area (Å²) in [5, 5.41) is 10.6. The molecule has 23 heavy (non-hydrogen) atoms. The van der Waals surface area contributed by atoms with Gasteiger partial charge in [0.15, 0.2) is 11.5 Å². The minimum absolute atomic E-state index is 0.0931. The SMILES string of the molecule is O=C(O)Cc1c(-c2ccc3c(c2)OCO3)[nH]c2c(Cl)cccc12. The molecule has 5 nitrogen and oxygen atoms in total. The zero-order chi connectivity index (χ0) is 16.0. The van der Waals surface area contributed by atoms with E-state index in [-0.39, 0.29) is 13.2 Å². The van der Waals surface area contributed by atoms with Crippen molar-refractivity contribution in [1.82, 2.24) is 4.98 Å². The Morgan fingerprint density at radius 3 is 2.87 bits per heavy atom. The summed E-state index contributed by atoms with van der Waals surface area (Å²) in [5.41, 5.74) is 3.00. The van der Waals surface area contributed by atoms with Crippen LogP contribution in [0.1, 0.15) is 5.56 Å². The van der Waals surface area contributed by atoms with Crippen molar-refractivity contribution in [2.24, 2.45) is 0 Å². The number of para-hydroxylation sites is 1. The highest BCUT2D eigenvalue weighted by atomic mass is 35.5. The number of H-pyrrole nitrogens is 1. The first-order valence-electron chi connectivity index (χ1n) is 7.04. The lowest BCUT2D eigenvalue weighted by Gasteiger charge is -2.04. The fourth-order valence-electron chi connectivity index (χ4n) is 2.87. The second-order valence-electron chi connectivity index (χ2n) is 5.28. The van der Waals surface area contributed by atoms with Gasteiger partial charge in [-0.1, -0.05) is 23.7 Å². The Morgan fingerprint density at radius 2 is 2.04 bits per heavy atom. The number of rotatable bonds is 3. The first-order chi connectivity index (χ1) is 11.1. The Hall–Kier alpha value is -2.66. The number of carbonyl (C=O) groups is 1. The molecule has 116 valence electrons. The highest BCUT2D eigenvalue weighted by molar-refractivity contribution is 6.35. The van der Waals surface area contributed by atoms with Gasteiger partial charge in [-0.25, -0.2) is 0 Å². The van der Waals surface area contributed by atoms with E-state index >= 15 is 0 Å². The fourth-order valence-corrected chi connectivity index (χ4v) is 3.09. The second kappa shape index (κ2) is 5.21. The van der Waals surface area contributed by atoms with Crippen molar-refractivity contribution < 1.29 is 19.4 Å². The third kappa shape index (κ3) is 2.29. The van der Waals surface area contributed by atoms with Gasteiger partial charge in [0.1, 0.15) is 0 Å². The molecule has 2 aromatic carbocycles. The van der Waals surface area contributed by atoms with Gasteiger partial charge in [-0.2, -0.15) is 0 Å². The third-order valence-corrected chi connectivity index (χ3v) is 4.19. The van der Waals surface area contributed by atoms with E-state index in [0.29, 0.717) is 22.1 Å². The molecule has 0 saturated carbocycles. The van der Waals surface area contributed by atoms with Crippen LogP contribution in [-0.4, -0.2) is 22.9 Å². The maximum Gasteiger partial charge on any atom is 0.307 e. The molecule has 6 heteroatoms. The van der Waals surface area contributed by atoms with Gasteiger partial charge in [0.05, 0.1) is 22.7 Å². The topological polar surface area (TPSA) is 71.6 Å². The van der Waals surface area contributed by atoms with Crippen LogP contribution in [0.15, 0.2) is 36.4 Å². The largest absolute Gasteiger partial charge is 0.481 e. The molecule has 1 aliphatic heterocycles. The van der Waals surface area contributed by atoms with Crippen molar-refractivity contribution >= 4 is 28.5 Å². The maximum atomic E-state index is 11.3. The molecule has 1 aromatic heterocycles. The van der Waals surface area contributed by atoms with Crippen LogP contribution in [0.5, 0.6) is 11.5 Å². The van der Waals surface area contributed by atoms with Crippen LogP contribution in [0.4, 0.5) is 0 Å². The van der Waals surface area contributed by atoms with Crippen LogP contribution in [0.2, 0.25) is 5.02 Å². The van der Waals surface area contributed by atoms with Crippen molar-refractivity contribution in [2.45, 2.75) is 6.42 Å².